The maximum absolute atomic E-state index is 11.0. The molecule has 1 aliphatic heterocycles. The molecule has 3 atom stereocenters. The minimum atomic E-state index is -0.732. The van der Waals surface area contributed by atoms with Crippen LogP contribution in [0.3, 0.4) is 0 Å². The van der Waals surface area contributed by atoms with Crippen LogP contribution in [-0.4, -0.2) is 63.7 Å². The van der Waals surface area contributed by atoms with Crippen LogP contribution in [0.25, 0.3) is 0 Å². The van der Waals surface area contributed by atoms with Crippen LogP contribution in [0.15, 0.2) is 25.3 Å². The Morgan fingerprint density at radius 3 is 1.82 bits per heavy atom. The van der Waals surface area contributed by atoms with Gasteiger partial charge in [0.05, 0.1) is 25.9 Å². The lowest BCUT2D eigenvalue weighted by Gasteiger charge is -2.16. The van der Waals surface area contributed by atoms with Crippen LogP contribution in [0, 0.1) is 0 Å². The average Bonchev–Trinajstić information content (AvgIpc) is 3.02. The first-order valence-electron chi connectivity index (χ1n) is 14.5. The number of carbonyl (C=O) groups excluding carboxylic acids is 2. The molecular weight excluding hydrogens is 488 g/mol. The summed E-state index contributed by atoms with van der Waals surface area (Å²) in [5.74, 6) is -0.846. The first-order chi connectivity index (χ1) is 18.5. The molecule has 3 unspecified atom stereocenters. The van der Waals surface area contributed by atoms with Gasteiger partial charge in [-0.05, 0) is 26.7 Å². The van der Waals surface area contributed by atoms with E-state index in [-0.39, 0.29) is 25.3 Å². The van der Waals surface area contributed by atoms with Crippen LogP contribution in [0.5, 0.6) is 0 Å². The van der Waals surface area contributed by atoms with Crippen LogP contribution < -0.4 is 0 Å². The van der Waals surface area contributed by atoms with E-state index >= 15 is 0 Å². The molecule has 0 spiro atoms. The lowest BCUT2D eigenvalue weighted by molar-refractivity contribution is -0.185. The second-order valence-electron chi connectivity index (χ2n) is 9.36. The first kappa shape index (κ1) is 36.3. The van der Waals surface area contributed by atoms with Crippen molar-refractivity contribution in [3.05, 3.63) is 25.3 Å². The Labute approximate surface area is 231 Å². The van der Waals surface area contributed by atoms with Crippen molar-refractivity contribution < 1.29 is 38.0 Å². The van der Waals surface area contributed by atoms with Crippen molar-refractivity contribution in [1.82, 2.24) is 0 Å². The maximum Gasteiger partial charge on any atom is 0.332 e. The van der Waals surface area contributed by atoms with Crippen molar-refractivity contribution in [2.45, 2.75) is 123 Å². The van der Waals surface area contributed by atoms with Gasteiger partial charge >= 0.3 is 11.9 Å². The van der Waals surface area contributed by atoms with Gasteiger partial charge in [0, 0.05) is 18.8 Å². The van der Waals surface area contributed by atoms with Crippen LogP contribution in [-0.2, 0) is 38.0 Å². The third-order valence-electron chi connectivity index (χ3n) is 5.91. The fraction of sp³-hybridized carbons (Fsp3) is 0.800. The standard InChI is InChI=1S/C19H36O2.C11H18O6/c1-4-6-7-8-9-10-11-12-13-14-15-16-17-18(3)21-19(20)5-2;1-3-9(12)17-11-8-13-7-10(14-4-2)15-5-6-16-11/h5,18H,2,4,6-17H2,1,3H3;3,10-11H,1,4-8H2,2H3. The topological polar surface area (TPSA) is 89.5 Å². The number of rotatable bonds is 19. The highest BCUT2D eigenvalue weighted by Crippen LogP contribution is 2.13. The van der Waals surface area contributed by atoms with Gasteiger partial charge in [-0.2, -0.15) is 0 Å². The Hall–Kier alpha value is -1.74. The van der Waals surface area contributed by atoms with E-state index < -0.39 is 18.5 Å². The molecule has 8 heteroatoms. The molecule has 1 saturated heterocycles. The number of hydrogen-bond acceptors (Lipinski definition) is 8. The van der Waals surface area contributed by atoms with Crippen LogP contribution >= 0.6 is 0 Å². The highest BCUT2D eigenvalue weighted by atomic mass is 16.7. The fourth-order valence-electron chi connectivity index (χ4n) is 3.82. The van der Waals surface area contributed by atoms with Gasteiger partial charge < -0.3 is 28.4 Å². The van der Waals surface area contributed by atoms with Gasteiger partial charge in [-0.15, -0.1) is 0 Å². The summed E-state index contributed by atoms with van der Waals surface area (Å²) in [6, 6.07) is 0. The zero-order valence-electron chi connectivity index (χ0n) is 24.3. The van der Waals surface area contributed by atoms with Gasteiger partial charge in [0.1, 0.15) is 6.61 Å². The van der Waals surface area contributed by atoms with Crippen molar-refractivity contribution in [2.75, 3.05) is 33.0 Å². The summed E-state index contributed by atoms with van der Waals surface area (Å²) in [6.45, 7) is 14.4. The molecule has 1 heterocycles. The molecule has 0 saturated carbocycles. The predicted octanol–water partition coefficient (Wildman–Crippen LogP) is 6.66. The SMILES string of the molecule is C=CC(=O)OC(C)CCCCCCCCCCCCCC.C=CC(=O)OC1COCC(OCC)OCCO1. The van der Waals surface area contributed by atoms with E-state index in [1.807, 2.05) is 13.8 Å². The molecule has 0 aromatic carbocycles. The van der Waals surface area contributed by atoms with Crippen LogP contribution in [0.1, 0.15) is 104 Å². The third kappa shape index (κ3) is 23.4. The normalized spacial score (nSPS) is 18.5. The number of carbonyl (C=O) groups is 2. The molecule has 1 rings (SSSR count). The summed E-state index contributed by atoms with van der Waals surface area (Å²) in [5, 5.41) is 0. The summed E-state index contributed by atoms with van der Waals surface area (Å²) in [4.78, 5) is 22.0. The molecular formula is C30H54O8. The molecule has 0 bridgehead atoms. The van der Waals surface area contributed by atoms with E-state index in [1.165, 1.54) is 76.7 Å². The number of ether oxygens (including phenoxy) is 6. The second kappa shape index (κ2) is 26.9. The number of unbranched alkanes of at least 4 members (excludes halogenated alkanes) is 11. The molecule has 222 valence electrons. The van der Waals surface area contributed by atoms with Crippen molar-refractivity contribution in [3.63, 3.8) is 0 Å². The molecule has 1 aliphatic rings. The minimum absolute atomic E-state index is 0.0265. The smallest absolute Gasteiger partial charge is 0.332 e. The fourth-order valence-corrected chi connectivity index (χ4v) is 3.82. The van der Waals surface area contributed by atoms with Crippen molar-refractivity contribution in [1.29, 1.82) is 0 Å². The van der Waals surface area contributed by atoms with Crippen molar-refractivity contribution >= 4 is 11.9 Å². The highest BCUT2D eigenvalue weighted by Gasteiger charge is 2.18. The van der Waals surface area contributed by atoms with Gasteiger partial charge in [0.2, 0.25) is 6.29 Å². The van der Waals surface area contributed by atoms with Gasteiger partial charge in [-0.1, -0.05) is 90.7 Å². The monoisotopic (exact) mass is 542 g/mol. The van der Waals surface area contributed by atoms with E-state index in [9.17, 15) is 9.59 Å². The molecule has 38 heavy (non-hydrogen) atoms. The maximum atomic E-state index is 11.0. The Bertz CT molecular complexity index is 595. The van der Waals surface area contributed by atoms with E-state index in [1.54, 1.807) is 0 Å². The summed E-state index contributed by atoms with van der Waals surface area (Å²) in [5.41, 5.74) is 0. The molecule has 8 nitrogen and oxygen atoms in total. The van der Waals surface area contributed by atoms with E-state index in [4.69, 9.17) is 28.4 Å². The molecule has 1 fully saturated rings. The summed E-state index contributed by atoms with van der Waals surface area (Å²) < 4.78 is 31.3. The molecule has 0 radical (unpaired) electrons. The van der Waals surface area contributed by atoms with Crippen LogP contribution in [0.4, 0.5) is 0 Å². The number of hydrogen-bond donors (Lipinski definition) is 0. The van der Waals surface area contributed by atoms with Gasteiger partial charge in [-0.3, -0.25) is 0 Å². The molecule has 0 amide bonds. The molecule has 0 aromatic rings. The summed E-state index contributed by atoms with van der Waals surface area (Å²) in [7, 11) is 0. The molecule has 0 aliphatic carbocycles. The molecule has 0 N–H and O–H groups in total. The summed E-state index contributed by atoms with van der Waals surface area (Å²) in [6.07, 6.45) is 18.5. The average molecular weight is 543 g/mol. The zero-order valence-corrected chi connectivity index (χ0v) is 24.3. The van der Waals surface area contributed by atoms with Crippen molar-refractivity contribution in [3.8, 4) is 0 Å². The van der Waals surface area contributed by atoms with Crippen LogP contribution in [0.2, 0.25) is 0 Å². The Kier molecular flexibility index (Phi) is 25.6. The summed E-state index contributed by atoms with van der Waals surface area (Å²) >= 11 is 0. The Balaban J connectivity index is 0.000000735. The van der Waals surface area contributed by atoms with Gasteiger partial charge in [0.25, 0.3) is 0 Å². The van der Waals surface area contributed by atoms with E-state index in [2.05, 4.69) is 20.1 Å². The Morgan fingerprint density at radius 2 is 1.29 bits per heavy atom. The zero-order chi connectivity index (χ0) is 28.3. The predicted molar refractivity (Wildman–Crippen MR) is 150 cm³/mol. The van der Waals surface area contributed by atoms with Gasteiger partial charge in [0.15, 0.2) is 6.29 Å². The largest absolute Gasteiger partial charge is 0.460 e. The Morgan fingerprint density at radius 1 is 0.789 bits per heavy atom. The van der Waals surface area contributed by atoms with E-state index in [0.717, 1.165) is 18.9 Å². The third-order valence-corrected chi connectivity index (χ3v) is 5.91. The lowest BCUT2D eigenvalue weighted by Crippen LogP contribution is -2.27. The highest BCUT2D eigenvalue weighted by molar-refractivity contribution is 5.81. The second-order valence-corrected chi connectivity index (χ2v) is 9.36. The minimum Gasteiger partial charge on any atom is -0.460 e. The van der Waals surface area contributed by atoms with Gasteiger partial charge in [-0.25, -0.2) is 9.59 Å². The number of esters is 2. The first-order valence-corrected chi connectivity index (χ1v) is 14.5. The van der Waals surface area contributed by atoms with Crippen molar-refractivity contribution in [2.24, 2.45) is 0 Å². The lowest BCUT2D eigenvalue weighted by atomic mass is 10.0. The van der Waals surface area contributed by atoms with E-state index in [0.29, 0.717) is 19.8 Å². The molecule has 0 aromatic heterocycles. The quantitative estimate of drug-likeness (QED) is 0.102.